The van der Waals surface area contributed by atoms with Crippen LogP contribution in [0, 0.1) is 12.8 Å². The van der Waals surface area contributed by atoms with E-state index in [1.54, 1.807) is 11.3 Å². The minimum absolute atomic E-state index is 0.0835. The molecule has 1 aromatic heterocycles. The fraction of sp³-hybridized carbons (Fsp3) is 0.529. The van der Waals surface area contributed by atoms with Crippen molar-refractivity contribution in [3.05, 3.63) is 28.6 Å². The maximum atomic E-state index is 12.4. The predicted octanol–water partition coefficient (Wildman–Crippen LogP) is 4.04. The molecule has 1 saturated carbocycles. The van der Waals surface area contributed by atoms with Crippen molar-refractivity contribution >= 4 is 27.5 Å². The Bertz CT molecular complexity index is 720. The van der Waals surface area contributed by atoms with Crippen molar-refractivity contribution in [2.45, 2.75) is 52.5 Å². The van der Waals surface area contributed by atoms with E-state index in [1.807, 2.05) is 0 Å². The Balaban J connectivity index is 2.02. The normalized spacial score (nSPS) is 17.5. The molecule has 0 bridgehead atoms. The summed E-state index contributed by atoms with van der Waals surface area (Å²) < 4.78 is 3.37. The Kier molecular flexibility index (Phi) is 4.24. The summed E-state index contributed by atoms with van der Waals surface area (Å²) in [5.74, 6) is 0.233. The molecule has 1 amide bonds. The van der Waals surface area contributed by atoms with Crippen LogP contribution in [0.15, 0.2) is 23.2 Å². The molecule has 0 radical (unpaired) electrons. The van der Waals surface area contributed by atoms with E-state index in [0.29, 0.717) is 0 Å². The van der Waals surface area contributed by atoms with Gasteiger partial charge in [-0.3, -0.25) is 4.79 Å². The maximum Gasteiger partial charge on any atom is 0.251 e. The van der Waals surface area contributed by atoms with E-state index in [2.05, 4.69) is 41.6 Å². The third-order valence-corrected chi connectivity index (χ3v) is 5.36. The van der Waals surface area contributed by atoms with Gasteiger partial charge in [-0.05, 0) is 44.4 Å². The van der Waals surface area contributed by atoms with Crippen LogP contribution in [0.5, 0.6) is 0 Å². The van der Waals surface area contributed by atoms with E-state index < -0.39 is 0 Å². The number of amides is 1. The highest BCUT2D eigenvalue weighted by molar-refractivity contribution is 7.16. The van der Waals surface area contributed by atoms with Crippen molar-refractivity contribution in [2.75, 3.05) is 0 Å². The lowest BCUT2D eigenvalue weighted by Gasteiger charge is -2.17. The Hall–Kier alpha value is -1.42. The van der Waals surface area contributed by atoms with Crippen molar-refractivity contribution < 1.29 is 4.79 Å². The number of hydrogen-bond donors (Lipinski definition) is 0. The lowest BCUT2D eigenvalue weighted by molar-refractivity contribution is -0.122. The van der Waals surface area contributed by atoms with Crippen LogP contribution < -0.4 is 4.80 Å². The average Bonchev–Trinajstić information content (AvgIpc) is 2.84. The van der Waals surface area contributed by atoms with E-state index in [0.717, 1.165) is 24.2 Å². The molecule has 0 saturated heterocycles. The van der Waals surface area contributed by atoms with Crippen LogP contribution in [-0.4, -0.2) is 10.5 Å². The molecule has 4 heteroatoms. The number of aromatic nitrogens is 1. The van der Waals surface area contributed by atoms with E-state index in [9.17, 15) is 4.79 Å². The standard InChI is InChI=1S/C17H22N2OS/c1-3-19-14-10-9-12(2)11-15(14)21-17(19)18-16(20)13-7-5-4-6-8-13/h9-11,13H,3-8H2,1-2H3. The first-order valence-electron chi connectivity index (χ1n) is 7.87. The summed E-state index contributed by atoms with van der Waals surface area (Å²) in [6.07, 6.45) is 5.63. The zero-order valence-corrected chi connectivity index (χ0v) is 13.6. The van der Waals surface area contributed by atoms with Crippen molar-refractivity contribution in [3.8, 4) is 0 Å². The third-order valence-electron chi connectivity index (χ3n) is 4.31. The first kappa shape index (κ1) is 14.5. The lowest BCUT2D eigenvalue weighted by atomic mass is 9.89. The molecule has 0 unspecified atom stereocenters. The van der Waals surface area contributed by atoms with Crippen LogP contribution in [0.3, 0.4) is 0 Å². The summed E-state index contributed by atoms with van der Waals surface area (Å²) in [6, 6.07) is 6.43. The van der Waals surface area contributed by atoms with Gasteiger partial charge in [0.25, 0.3) is 5.91 Å². The predicted molar refractivity (Wildman–Crippen MR) is 87.4 cm³/mol. The molecular weight excluding hydrogens is 280 g/mol. The van der Waals surface area contributed by atoms with Crippen LogP contribution in [0.1, 0.15) is 44.6 Å². The van der Waals surface area contributed by atoms with E-state index in [-0.39, 0.29) is 11.8 Å². The Morgan fingerprint density at radius 1 is 1.33 bits per heavy atom. The zero-order chi connectivity index (χ0) is 14.8. The quantitative estimate of drug-likeness (QED) is 0.824. The number of rotatable bonds is 2. The summed E-state index contributed by atoms with van der Waals surface area (Å²) in [4.78, 5) is 17.7. The maximum absolute atomic E-state index is 12.4. The second-order valence-electron chi connectivity index (χ2n) is 5.89. The molecule has 0 atom stereocenters. The topological polar surface area (TPSA) is 34.4 Å². The Morgan fingerprint density at radius 2 is 2.10 bits per heavy atom. The largest absolute Gasteiger partial charge is 0.317 e. The van der Waals surface area contributed by atoms with Gasteiger partial charge < -0.3 is 4.57 Å². The number of carbonyl (C=O) groups is 1. The van der Waals surface area contributed by atoms with Crippen molar-refractivity contribution in [2.24, 2.45) is 10.9 Å². The van der Waals surface area contributed by atoms with E-state index >= 15 is 0 Å². The molecular formula is C17H22N2OS. The van der Waals surface area contributed by atoms with Gasteiger partial charge in [0, 0.05) is 12.5 Å². The van der Waals surface area contributed by atoms with Crippen LogP contribution in [0.2, 0.25) is 0 Å². The Morgan fingerprint density at radius 3 is 2.81 bits per heavy atom. The number of hydrogen-bond acceptors (Lipinski definition) is 2. The summed E-state index contributed by atoms with van der Waals surface area (Å²) >= 11 is 1.63. The number of benzene rings is 1. The van der Waals surface area contributed by atoms with Crippen LogP contribution in [0.25, 0.3) is 10.2 Å². The molecule has 0 aliphatic heterocycles. The van der Waals surface area contributed by atoms with E-state index in [1.165, 1.54) is 35.0 Å². The number of fused-ring (bicyclic) bond motifs is 1. The van der Waals surface area contributed by atoms with Crippen LogP contribution >= 0.6 is 11.3 Å². The second-order valence-corrected chi connectivity index (χ2v) is 6.89. The highest BCUT2D eigenvalue weighted by Gasteiger charge is 2.20. The third kappa shape index (κ3) is 2.95. The van der Waals surface area contributed by atoms with Crippen molar-refractivity contribution in [1.82, 2.24) is 4.57 Å². The first-order chi connectivity index (χ1) is 10.2. The smallest absolute Gasteiger partial charge is 0.251 e. The molecule has 21 heavy (non-hydrogen) atoms. The van der Waals surface area contributed by atoms with Gasteiger partial charge in [0.1, 0.15) is 0 Å². The van der Waals surface area contributed by atoms with Gasteiger partial charge >= 0.3 is 0 Å². The number of aryl methyl sites for hydroxylation is 2. The van der Waals surface area contributed by atoms with Gasteiger partial charge in [0.05, 0.1) is 10.2 Å². The number of thiazole rings is 1. The molecule has 0 spiro atoms. The van der Waals surface area contributed by atoms with Crippen LogP contribution in [-0.2, 0) is 11.3 Å². The molecule has 112 valence electrons. The van der Waals surface area contributed by atoms with Crippen molar-refractivity contribution in [1.29, 1.82) is 0 Å². The number of carbonyl (C=O) groups excluding carboxylic acids is 1. The average molecular weight is 302 g/mol. The van der Waals surface area contributed by atoms with Gasteiger partial charge in [-0.1, -0.05) is 36.7 Å². The molecule has 1 aliphatic rings. The fourth-order valence-electron chi connectivity index (χ4n) is 3.11. The van der Waals surface area contributed by atoms with Gasteiger partial charge in [-0.2, -0.15) is 4.99 Å². The molecule has 1 heterocycles. The molecule has 1 aliphatic carbocycles. The summed E-state index contributed by atoms with van der Waals surface area (Å²) in [6.45, 7) is 5.05. The minimum atomic E-state index is 0.0835. The molecule has 3 rings (SSSR count). The fourth-order valence-corrected chi connectivity index (χ4v) is 4.30. The minimum Gasteiger partial charge on any atom is -0.317 e. The molecule has 3 nitrogen and oxygen atoms in total. The SMILES string of the molecule is CCn1c(=NC(=O)C2CCCCC2)sc2cc(C)ccc21. The molecule has 1 aromatic carbocycles. The van der Waals surface area contributed by atoms with Crippen molar-refractivity contribution in [3.63, 3.8) is 0 Å². The number of nitrogens with zero attached hydrogens (tertiary/aromatic N) is 2. The monoisotopic (exact) mass is 302 g/mol. The highest BCUT2D eigenvalue weighted by atomic mass is 32.1. The molecule has 2 aromatic rings. The van der Waals surface area contributed by atoms with Gasteiger partial charge in [0.15, 0.2) is 4.80 Å². The highest BCUT2D eigenvalue weighted by Crippen LogP contribution is 2.25. The zero-order valence-electron chi connectivity index (χ0n) is 12.8. The second kappa shape index (κ2) is 6.14. The summed E-state index contributed by atoms with van der Waals surface area (Å²) in [5.41, 5.74) is 2.43. The summed E-state index contributed by atoms with van der Waals surface area (Å²) in [5, 5.41) is 0. The first-order valence-corrected chi connectivity index (χ1v) is 8.69. The lowest BCUT2D eigenvalue weighted by Crippen LogP contribution is -2.21. The summed E-state index contributed by atoms with van der Waals surface area (Å²) in [7, 11) is 0. The molecule has 0 N–H and O–H groups in total. The van der Waals surface area contributed by atoms with E-state index in [4.69, 9.17) is 0 Å². The Labute approximate surface area is 129 Å². The van der Waals surface area contributed by atoms with Gasteiger partial charge in [-0.15, -0.1) is 0 Å². The van der Waals surface area contributed by atoms with Gasteiger partial charge in [0.2, 0.25) is 0 Å². The van der Waals surface area contributed by atoms with Crippen LogP contribution in [0.4, 0.5) is 0 Å². The van der Waals surface area contributed by atoms with Gasteiger partial charge in [-0.25, -0.2) is 0 Å². The molecule has 1 fully saturated rings.